The number of nitro groups is 1. The lowest BCUT2D eigenvalue weighted by Gasteiger charge is -2.06. The van der Waals surface area contributed by atoms with E-state index < -0.39 is 28.1 Å². The van der Waals surface area contributed by atoms with Crippen molar-refractivity contribution in [2.75, 3.05) is 6.61 Å². The van der Waals surface area contributed by atoms with Gasteiger partial charge in [0, 0.05) is 6.07 Å². The molecule has 0 aliphatic heterocycles. The summed E-state index contributed by atoms with van der Waals surface area (Å²) in [6, 6.07) is 1.82. The topological polar surface area (TPSA) is 110 Å². The van der Waals surface area contributed by atoms with Crippen molar-refractivity contribution >= 4 is 11.7 Å². The number of rotatable bonds is 7. The van der Waals surface area contributed by atoms with Gasteiger partial charge in [-0.3, -0.25) is 10.1 Å². The summed E-state index contributed by atoms with van der Waals surface area (Å²) in [7, 11) is 0. The van der Waals surface area contributed by atoms with Gasteiger partial charge in [-0.25, -0.2) is 4.79 Å². The summed E-state index contributed by atoms with van der Waals surface area (Å²) in [5.41, 5.74) is -0.898. The fourth-order valence-electron chi connectivity index (χ4n) is 1.64. The molecule has 7 heteroatoms. The number of phenolic OH excluding ortho intramolecular Hbond substituents is 2. The Labute approximate surface area is 116 Å². The first-order chi connectivity index (χ1) is 9.47. The molecule has 20 heavy (non-hydrogen) atoms. The first kappa shape index (κ1) is 15.7. The number of carbonyl (C=O) groups is 1. The number of esters is 1. The van der Waals surface area contributed by atoms with Crippen molar-refractivity contribution in [1.82, 2.24) is 0 Å². The molecule has 0 radical (unpaired) electrons. The van der Waals surface area contributed by atoms with Gasteiger partial charge in [0.15, 0.2) is 5.75 Å². The summed E-state index contributed by atoms with van der Waals surface area (Å²) in [5.74, 6) is -2.36. The smallest absolute Gasteiger partial charge is 0.338 e. The molecule has 0 heterocycles. The molecular weight excluding hydrogens is 266 g/mol. The molecule has 0 aliphatic rings. The highest BCUT2D eigenvalue weighted by atomic mass is 16.6. The van der Waals surface area contributed by atoms with Gasteiger partial charge >= 0.3 is 11.7 Å². The number of benzene rings is 1. The van der Waals surface area contributed by atoms with E-state index in [1.165, 1.54) is 0 Å². The summed E-state index contributed by atoms with van der Waals surface area (Å²) in [6.45, 7) is 2.28. The summed E-state index contributed by atoms with van der Waals surface area (Å²) in [6.07, 6.45) is 3.76. The first-order valence-corrected chi connectivity index (χ1v) is 6.34. The second-order valence-electron chi connectivity index (χ2n) is 4.32. The zero-order valence-electron chi connectivity index (χ0n) is 11.2. The predicted molar refractivity (Wildman–Crippen MR) is 70.9 cm³/mol. The number of nitrogens with zero attached hydrogens (tertiary/aromatic N) is 1. The van der Waals surface area contributed by atoms with E-state index in [1.54, 1.807) is 0 Å². The van der Waals surface area contributed by atoms with E-state index in [0.29, 0.717) is 6.42 Å². The van der Waals surface area contributed by atoms with Gasteiger partial charge in [0.25, 0.3) is 0 Å². The highest BCUT2D eigenvalue weighted by Gasteiger charge is 2.22. The highest BCUT2D eigenvalue weighted by molar-refractivity contribution is 5.91. The van der Waals surface area contributed by atoms with Crippen molar-refractivity contribution in [2.24, 2.45) is 0 Å². The molecule has 1 aromatic rings. The van der Waals surface area contributed by atoms with Crippen LogP contribution in [0.3, 0.4) is 0 Å². The molecule has 0 amide bonds. The lowest BCUT2D eigenvalue weighted by atomic mass is 10.1. The normalized spacial score (nSPS) is 10.2. The standard InChI is InChI=1S/C13H17NO6/c1-2-3-4-5-6-20-13(17)9-7-10(14(18)19)12(16)11(15)8-9/h7-8,15-16H,2-6H2,1H3. The van der Waals surface area contributed by atoms with Gasteiger partial charge in [-0.15, -0.1) is 0 Å². The molecule has 7 nitrogen and oxygen atoms in total. The van der Waals surface area contributed by atoms with Crippen LogP contribution in [0.15, 0.2) is 12.1 Å². The number of hydrogen-bond donors (Lipinski definition) is 2. The lowest BCUT2D eigenvalue weighted by molar-refractivity contribution is -0.386. The van der Waals surface area contributed by atoms with Crippen molar-refractivity contribution in [3.63, 3.8) is 0 Å². The Kier molecular flexibility index (Phi) is 5.76. The van der Waals surface area contributed by atoms with Gasteiger partial charge in [-0.1, -0.05) is 26.2 Å². The first-order valence-electron chi connectivity index (χ1n) is 6.34. The molecule has 0 saturated heterocycles. The van der Waals surface area contributed by atoms with Crippen LogP contribution in [-0.4, -0.2) is 27.7 Å². The maximum atomic E-state index is 11.7. The number of hydrogen-bond acceptors (Lipinski definition) is 6. The Morgan fingerprint density at radius 2 is 2.00 bits per heavy atom. The van der Waals surface area contributed by atoms with E-state index in [0.717, 1.165) is 31.4 Å². The fourth-order valence-corrected chi connectivity index (χ4v) is 1.64. The Morgan fingerprint density at radius 1 is 1.30 bits per heavy atom. The minimum absolute atomic E-state index is 0.164. The monoisotopic (exact) mass is 283 g/mol. The lowest BCUT2D eigenvalue weighted by Crippen LogP contribution is -2.07. The average molecular weight is 283 g/mol. The van der Waals surface area contributed by atoms with Crippen LogP contribution in [-0.2, 0) is 4.74 Å². The van der Waals surface area contributed by atoms with Gasteiger partial charge in [-0.05, 0) is 12.5 Å². The van der Waals surface area contributed by atoms with Gasteiger partial charge in [0.05, 0.1) is 17.1 Å². The van der Waals surface area contributed by atoms with Gasteiger partial charge in [0.1, 0.15) is 0 Å². The van der Waals surface area contributed by atoms with Crippen LogP contribution >= 0.6 is 0 Å². The van der Waals surface area contributed by atoms with Crippen LogP contribution in [0.25, 0.3) is 0 Å². The van der Waals surface area contributed by atoms with Gasteiger partial charge in [0.2, 0.25) is 5.75 Å². The van der Waals surface area contributed by atoms with Crippen LogP contribution in [0.1, 0.15) is 43.0 Å². The number of ether oxygens (including phenoxy) is 1. The van der Waals surface area contributed by atoms with Crippen LogP contribution in [0, 0.1) is 10.1 Å². The summed E-state index contributed by atoms with van der Waals surface area (Å²) in [4.78, 5) is 21.5. The molecule has 0 unspecified atom stereocenters. The minimum atomic E-state index is -0.882. The molecule has 1 aromatic carbocycles. The predicted octanol–water partition coefficient (Wildman–Crippen LogP) is 2.74. The van der Waals surface area contributed by atoms with Crippen molar-refractivity contribution in [3.05, 3.63) is 27.8 Å². The van der Waals surface area contributed by atoms with E-state index in [4.69, 9.17) is 4.74 Å². The number of phenols is 2. The van der Waals surface area contributed by atoms with Crippen LogP contribution in [0.2, 0.25) is 0 Å². The molecule has 0 saturated carbocycles. The van der Waals surface area contributed by atoms with Crippen molar-refractivity contribution in [3.8, 4) is 11.5 Å². The molecule has 110 valence electrons. The Hall–Kier alpha value is -2.31. The van der Waals surface area contributed by atoms with Crippen LogP contribution in [0.5, 0.6) is 11.5 Å². The zero-order chi connectivity index (χ0) is 15.1. The van der Waals surface area contributed by atoms with E-state index in [2.05, 4.69) is 6.92 Å². The van der Waals surface area contributed by atoms with Crippen LogP contribution in [0.4, 0.5) is 5.69 Å². The van der Waals surface area contributed by atoms with Crippen LogP contribution < -0.4 is 0 Å². The summed E-state index contributed by atoms with van der Waals surface area (Å²) in [5, 5.41) is 29.3. The minimum Gasteiger partial charge on any atom is -0.504 e. The summed E-state index contributed by atoms with van der Waals surface area (Å²) < 4.78 is 4.95. The van der Waals surface area contributed by atoms with Crippen molar-refractivity contribution in [1.29, 1.82) is 0 Å². The Morgan fingerprint density at radius 3 is 2.60 bits per heavy atom. The number of aromatic hydroxyl groups is 2. The molecule has 0 bridgehead atoms. The van der Waals surface area contributed by atoms with E-state index in [-0.39, 0.29) is 12.2 Å². The molecule has 0 aliphatic carbocycles. The molecule has 2 N–H and O–H groups in total. The quantitative estimate of drug-likeness (QED) is 0.262. The number of unbranched alkanes of at least 4 members (excludes halogenated alkanes) is 3. The molecule has 0 spiro atoms. The second kappa shape index (κ2) is 7.32. The fraction of sp³-hybridized carbons (Fsp3) is 0.462. The second-order valence-corrected chi connectivity index (χ2v) is 4.32. The molecule has 0 atom stereocenters. The maximum absolute atomic E-state index is 11.7. The third-order valence-electron chi connectivity index (χ3n) is 2.73. The molecule has 0 fully saturated rings. The van der Waals surface area contributed by atoms with E-state index in [1.807, 2.05) is 0 Å². The largest absolute Gasteiger partial charge is 0.504 e. The summed E-state index contributed by atoms with van der Waals surface area (Å²) >= 11 is 0. The molecule has 0 aromatic heterocycles. The highest BCUT2D eigenvalue weighted by Crippen LogP contribution is 2.36. The third-order valence-corrected chi connectivity index (χ3v) is 2.73. The van der Waals surface area contributed by atoms with Crippen molar-refractivity contribution < 1.29 is 24.7 Å². The Bertz CT molecular complexity index is 500. The van der Waals surface area contributed by atoms with Gasteiger partial charge < -0.3 is 14.9 Å². The van der Waals surface area contributed by atoms with Crippen molar-refractivity contribution in [2.45, 2.75) is 32.6 Å². The zero-order valence-corrected chi connectivity index (χ0v) is 11.2. The molecule has 1 rings (SSSR count). The number of nitro benzene ring substituents is 1. The van der Waals surface area contributed by atoms with Gasteiger partial charge in [-0.2, -0.15) is 0 Å². The SMILES string of the molecule is CCCCCCOC(=O)c1cc(O)c(O)c([N+](=O)[O-])c1. The maximum Gasteiger partial charge on any atom is 0.338 e. The number of carbonyl (C=O) groups excluding carboxylic acids is 1. The van der Waals surface area contributed by atoms with E-state index >= 15 is 0 Å². The van der Waals surface area contributed by atoms with E-state index in [9.17, 15) is 25.1 Å². The third kappa shape index (κ3) is 4.11. The Balaban J connectivity index is 2.71. The molecular formula is C13H17NO6. The average Bonchev–Trinajstić information content (AvgIpc) is 2.40.